The van der Waals surface area contributed by atoms with Crippen LogP contribution in [0.25, 0.3) is 0 Å². The van der Waals surface area contributed by atoms with Crippen LogP contribution in [0.15, 0.2) is 0 Å². The van der Waals surface area contributed by atoms with Gasteiger partial charge in [0.05, 0.1) is 6.61 Å². The van der Waals surface area contributed by atoms with Crippen molar-refractivity contribution in [2.45, 2.75) is 26.7 Å². The van der Waals surface area contributed by atoms with Crippen molar-refractivity contribution in [2.24, 2.45) is 0 Å². The van der Waals surface area contributed by atoms with Crippen LogP contribution in [0.2, 0.25) is 0 Å². The van der Waals surface area contributed by atoms with Crippen molar-refractivity contribution >= 4 is 18.2 Å². The molecule has 0 aliphatic carbocycles. The summed E-state index contributed by atoms with van der Waals surface area (Å²) in [6.07, 6.45) is -0.441. The quantitative estimate of drug-likeness (QED) is 0.423. The van der Waals surface area contributed by atoms with Crippen LogP contribution in [-0.2, 0) is 14.3 Å². The molecule has 0 aromatic carbocycles. The summed E-state index contributed by atoms with van der Waals surface area (Å²) in [5.74, 6) is -0.788. The Bertz CT molecular complexity index is 226. The van der Waals surface area contributed by atoms with Gasteiger partial charge in [-0.3, -0.25) is 4.79 Å². The monoisotopic (exact) mass is 203 g/mol. The Kier molecular flexibility index (Phi) is 6.09. The average Bonchev–Trinajstić information content (AvgIpc) is 2.02. The zero-order valence-electron chi connectivity index (χ0n) is 8.16. The summed E-state index contributed by atoms with van der Waals surface area (Å²) in [5, 5.41) is 1.73. The lowest BCUT2D eigenvalue weighted by atomic mass is 10.4. The van der Waals surface area contributed by atoms with Gasteiger partial charge in [0.15, 0.2) is 0 Å². The number of carbonyl (C=O) groups is 3. The van der Waals surface area contributed by atoms with Crippen molar-refractivity contribution in [1.29, 1.82) is 0 Å². The van der Waals surface area contributed by atoms with Crippen molar-refractivity contribution in [3.05, 3.63) is 0 Å². The molecule has 0 aromatic rings. The van der Waals surface area contributed by atoms with Gasteiger partial charge in [-0.05, 0) is 6.42 Å². The average molecular weight is 203 g/mol. The van der Waals surface area contributed by atoms with Gasteiger partial charge < -0.3 is 9.47 Å². The fraction of sp³-hybridized carbons (Fsp3) is 0.625. The van der Waals surface area contributed by atoms with Gasteiger partial charge in [0.25, 0.3) is 0 Å². The van der Waals surface area contributed by atoms with Crippen LogP contribution in [-0.4, -0.2) is 24.8 Å². The zero-order valence-corrected chi connectivity index (χ0v) is 8.16. The number of alkyl carbamates (subject to hydrolysis) is 2. The molecule has 0 saturated carbocycles. The molecule has 14 heavy (non-hydrogen) atoms. The van der Waals surface area contributed by atoms with Crippen LogP contribution in [0.4, 0.5) is 9.59 Å². The number of hydrogen-bond acceptors (Lipinski definition) is 5. The number of unbranched alkanes of at least 4 members (excludes halogenated alkanes) is 1. The van der Waals surface area contributed by atoms with Gasteiger partial charge in [-0.1, -0.05) is 13.3 Å². The second-order valence-corrected chi connectivity index (χ2v) is 2.50. The third-order valence-corrected chi connectivity index (χ3v) is 1.17. The van der Waals surface area contributed by atoms with Crippen LogP contribution in [0.5, 0.6) is 0 Å². The second kappa shape index (κ2) is 6.88. The molecular weight excluding hydrogens is 190 g/mol. The summed E-state index contributed by atoms with van der Waals surface area (Å²) in [4.78, 5) is 31.7. The second-order valence-electron chi connectivity index (χ2n) is 2.50. The Hall–Kier alpha value is -1.59. The Morgan fingerprint density at radius 3 is 2.36 bits per heavy atom. The van der Waals surface area contributed by atoms with E-state index in [1.54, 1.807) is 5.32 Å². The van der Waals surface area contributed by atoms with E-state index in [1.807, 2.05) is 6.92 Å². The van der Waals surface area contributed by atoms with E-state index < -0.39 is 18.2 Å². The van der Waals surface area contributed by atoms with Crippen LogP contribution in [0.3, 0.4) is 0 Å². The van der Waals surface area contributed by atoms with Gasteiger partial charge in [-0.25, -0.2) is 14.9 Å². The summed E-state index contributed by atoms with van der Waals surface area (Å²) in [7, 11) is 0. The molecule has 0 saturated heterocycles. The molecule has 0 radical (unpaired) electrons. The molecular formula is C8H13NO5. The number of ether oxygens (including phenoxy) is 2. The van der Waals surface area contributed by atoms with E-state index in [1.165, 1.54) is 0 Å². The largest absolute Gasteiger partial charge is 0.449 e. The van der Waals surface area contributed by atoms with Crippen molar-refractivity contribution in [3.8, 4) is 0 Å². The summed E-state index contributed by atoms with van der Waals surface area (Å²) in [6, 6.07) is 0. The first-order valence-electron chi connectivity index (χ1n) is 4.22. The normalized spacial score (nSPS) is 9.00. The molecule has 0 aliphatic heterocycles. The Morgan fingerprint density at radius 2 is 1.86 bits per heavy atom. The fourth-order valence-corrected chi connectivity index (χ4v) is 0.585. The third-order valence-electron chi connectivity index (χ3n) is 1.17. The topological polar surface area (TPSA) is 81.7 Å². The first-order chi connectivity index (χ1) is 6.56. The maximum atomic E-state index is 10.8. The maximum absolute atomic E-state index is 10.8. The standard InChI is InChI=1S/C8H13NO5/c1-3-4-5-13-7(11)9-8(12)14-6(2)10/h3-5H2,1-2H3,(H,9,11,12). The van der Waals surface area contributed by atoms with Crippen molar-refractivity contribution < 1.29 is 23.9 Å². The minimum Gasteiger partial charge on any atom is -0.449 e. The van der Waals surface area contributed by atoms with Crippen LogP contribution in [0, 0.1) is 0 Å². The van der Waals surface area contributed by atoms with Crippen LogP contribution in [0.1, 0.15) is 26.7 Å². The molecule has 2 amide bonds. The predicted octanol–water partition coefficient (Wildman–Crippen LogP) is 1.20. The molecule has 0 aliphatic rings. The first kappa shape index (κ1) is 12.4. The number of nitrogens with one attached hydrogen (secondary N) is 1. The molecule has 1 N–H and O–H groups in total. The molecule has 0 unspecified atom stereocenters. The lowest BCUT2D eigenvalue weighted by Crippen LogP contribution is -2.32. The van der Waals surface area contributed by atoms with Crippen molar-refractivity contribution in [3.63, 3.8) is 0 Å². The van der Waals surface area contributed by atoms with E-state index >= 15 is 0 Å². The Balaban J connectivity index is 3.61. The highest BCUT2D eigenvalue weighted by Crippen LogP contribution is 1.89. The first-order valence-corrected chi connectivity index (χ1v) is 4.22. The summed E-state index contributed by atoms with van der Waals surface area (Å²) in [6.45, 7) is 3.23. The lowest BCUT2D eigenvalue weighted by Gasteiger charge is -2.03. The number of amides is 2. The maximum Gasteiger partial charge on any atom is 0.424 e. The van der Waals surface area contributed by atoms with Crippen LogP contribution >= 0.6 is 0 Å². The predicted molar refractivity (Wildman–Crippen MR) is 46.6 cm³/mol. The molecule has 6 nitrogen and oxygen atoms in total. The molecule has 0 fully saturated rings. The Morgan fingerprint density at radius 1 is 1.21 bits per heavy atom. The van der Waals surface area contributed by atoms with E-state index in [4.69, 9.17) is 0 Å². The van der Waals surface area contributed by atoms with Crippen molar-refractivity contribution in [1.82, 2.24) is 5.32 Å². The molecule has 0 spiro atoms. The van der Waals surface area contributed by atoms with Crippen molar-refractivity contribution in [2.75, 3.05) is 6.61 Å². The van der Waals surface area contributed by atoms with Gasteiger partial charge in [-0.15, -0.1) is 0 Å². The van der Waals surface area contributed by atoms with Crippen LogP contribution < -0.4 is 5.32 Å². The summed E-state index contributed by atoms with van der Waals surface area (Å²) >= 11 is 0. The highest BCUT2D eigenvalue weighted by molar-refractivity contribution is 5.92. The van der Waals surface area contributed by atoms with E-state index in [-0.39, 0.29) is 6.61 Å². The molecule has 0 aromatic heterocycles. The number of imide groups is 1. The highest BCUT2D eigenvalue weighted by Gasteiger charge is 2.10. The fourth-order valence-electron chi connectivity index (χ4n) is 0.585. The number of rotatable bonds is 3. The van der Waals surface area contributed by atoms with Gasteiger partial charge >= 0.3 is 18.2 Å². The molecule has 80 valence electrons. The van der Waals surface area contributed by atoms with Gasteiger partial charge in [0, 0.05) is 6.92 Å². The Labute approximate surface area is 81.6 Å². The molecule has 6 heteroatoms. The number of carbonyl (C=O) groups excluding carboxylic acids is 3. The van der Waals surface area contributed by atoms with Gasteiger partial charge in [0.2, 0.25) is 0 Å². The number of hydrogen-bond donors (Lipinski definition) is 1. The molecule has 0 rings (SSSR count). The minimum atomic E-state index is -1.13. The number of esters is 1. The minimum absolute atomic E-state index is 0.232. The van der Waals surface area contributed by atoms with E-state index in [0.29, 0.717) is 0 Å². The molecule has 0 atom stereocenters. The third kappa shape index (κ3) is 7.08. The van der Waals surface area contributed by atoms with Gasteiger partial charge in [0.1, 0.15) is 0 Å². The van der Waals surface area contributed by atoms with Gasteiger partial charge in [-0.2, -0.15) is 0 Å². The lowest BCUT2D eigenvalue weighted by molar-refractivity contribution is -0.134. The van der Waals surface area contributed by atoms with E-state index in [9.17, 15) is 14.4 Å². The highest BCUT2D eigenvalue weighted by atomic mass is 16.6. The SMILES string of the molecule is CCCCOC(=O)NC(=O)OC(C)=O. The van der Waals surface area contributed by atoms with E-state index in [0.717, 1.165) is 19.8 Å². The summed E-state index contributed by atoms with van der Waals surface area (Å²) in [5.41, 5.74) is 0. The smallest absolute Gasteiger partial charge is 0.424 e. The van der Waals surface area contributed by atoms with E-state index in [2.05, 4.69) is 9.47 Å². The zero-order chi connectivity index (χ0) is 11.0. The molecule has 0 bridgehead atoms. The molecule has 0 heterocycles. The summed E-state index contributed by atoms with van der Waals surface area (Å²) < 4.78 is 8.61.